The number of thioether (sulfide) groups is 1. The molecule has 3 aromatic rings. The number of benzene rings is 1. The zero-order valence-corrected chi connectivity index (χ0v) is 14.2. The Labute approximate surface area is 140 Å². The van der Waals surface area contributed by atoms with E-state index in [4.69, 9.17) is 0 Å². The van der Waals surface area contributed by atoms with Gasteiger partial charge < -0.3 is 0 Å². The number of hydrogen-bond acceptors (Lipinski definition) is 4. The van der Waals surface area contributed by atoms with E-state index < -0.39 is 5.76 Å². The van der Waals surface area contributed by atoms with Crippen LogP contribution in [0.2, 0.25) is 0 Å². The average molecular weight is 352 g/mol. The summed E-state index contributed by atoms with van der Waals surface area (Å²) in [5.41, 5.74) is 1.78. The molecule has 0 atom stereocenters. The molecule has 0 bridgehead atoms. The van der Waals surface area contributed by atoms with Gasteiger partial charge in [0, 0.05) is 9.77 Å². The van der Waals surface area contributed by atoms with Gasteiger partial charge >= 0.3 is 0 Å². The maximum Gasteiger partial charge on any atom is 0.288 e. The first-order valence-electron chi connectivity index (χ1n) is 6.94. The molecule has 7 heteroatoms. The van der Waals surface area contributed by atoms with Crippen LogP contribution < -0.4 is 5.56 Å². The summed E-state index contributed by atoms with van der Waals surface area (Å²) in [5.74, 6) is -2.43. The Morgan fingerprint density at radius 1 is 1.26 bits per heavy atom. The van der Waals surface area contributed by atoms with Gasteiger partial charge in [-0.1, -0.05) is 23.9 Å². The first kappa shape index (κ1) is 16.1. The van der Waals surface area contributed by atoms with Crippen LogP contribution in [0.5, 0.6) is 0 Å². The maximum atomic E-state index is 12.6. The summed E-state index contributed by atoms with van der Waals surface area (Å²) in [5, 5.41) is 0.667. The quantitative estimate of drug-likeness (QED) is 0.651. The Hall–Kier alpha value is -1.73. The van der Waals surface area contributed by atoms with Gasteiger partial charge in [-0.15, -0.1) is 11.3 Å². The third-order valence-corrected chi connectivity index (χ3v) is 5.50. The molecule has 1 aromatic carbocycles. The molecule has 23 heavy (non-hydrogen) atoms. The van der Waals surface area contributed by atoms with Crippen LogP contribution in [0.15, 0.2) is 40.3 Å². The lowest BCUT2D eigenvalue weighted by Crippen LogP contribution is -2.21. The van der Waals surface area contributed by atoms with Crippen LogP contribution in [0, 0.1) is 13.8 Å². The number of alkyl halides is 2. The minimum Gasteiger partial charge on any atom is -0.294 e. The molecule has 3 nitrogen and oxygen atoms in total. The van der Waals surface area contributed by atoms with Gasteiger partial charge in [0.05, 0.1) is 18.3 Å². The lowest BCUT2D eigenvalue weighted by Gasteiger charge is -2.07. The van der Waals surface area contributed by atoms with Crippen molar-refractivity contribution in [1.82, 2.24) is 9.55 Å². The molecule has 0 N–H and O–H groups in total. The van der Waals surface area contributed by atoms with Crippen LogP contribution in [0.25, 0.3) is 10.2 Å². The van der Waals surface area contributed by atoms with Crippen molar-refractivity contribution in [2.75, 3.05) is 0 Å². The van der Waals surface area contributed by atoms with Gasteiger partial charge in [-0.05, 0) is 37.1 Å². The molecule has 0 aliphatic carbocycles. The normalized spacial score (nSPS) is 11.5. The largest absolute Gasteiger partial charge is 0.294 e. The number of fused-ring (bicyclic) bond motifs is 1. The standard InChI is InChI=1S/C16H14F2N2OS2/c1-9-10(2)22-14-13(9)15(21)20(8-19-14)7-11-3-5-12(6-4-11)23-16(17)18/h3-6,8,16H,7H2,1-2H3. The Morgan fingerprint density at radius 2 is 1.96 bits per heavy atom. The Kier molecular flexibility index (Phi) is 4.50. The van der Waals surface area contributed by atoms with Crippen molar-refractivity contribution in [3.8, 4) is 0 Å². The molecule has 0 amide bonds. The lowest BCUT2D eigenvalue weighted by atomic mass is 10.2. The van der Waals surface area contributed by atoms with E-state index in [1.807, 2.05) is 13.8 Å². The van der Waals surface area contributed by atoms with Crippen LogP contribution in [-0.2, 0) is 6.54 Å². The molecule has 0 aliphatic heterocycles. The third kappa shape index (κ3) is 3.30. The van der Waals surface area contributed by atoms with Gasteiger partial charge in [0.1, 0.15) is 4.83 Å². The molecule has 0 saturated heterocycles. The minimum absolute atomic E-state index is 0.0668. The number of rotatable bonds is 4. The molecule has 0 aliphatic rings. The van der Waals surface area contributed by atoms with E-state index in [0.717, 1.165) is 20.8 Å². The second-order valence-corrected chi connectivity index (χ2v) is 7.43. The number of aromatic nitrogens is 2. The fourth-order valence-electron chi connectivity index (χ4n) is 2.36. The maximum absolute atomic E-state index is 12.6. The number of hydrogen-bond donors (Lipinski definition) is 0. The van der Waals surface area contributed by atoms with Crippen LogP contribution in [0.1, 0.15) is 16.0 Å². The van der Waals surface area contributed by atoms with Gasteiger partial charge in [0.25, 0.3) is 11.3 Å². The first-order valence-corrected chi connectivity index (χ1v) is 8.64. The van der Waals surface area contributed by atoms with E-state index in [9.17, 15) is 13.6 Å². The smallest absolute Gasteiger partial charge is 0.288 e. The number of nitrogens with zero attached hydrogens (tertiary/aromatic N) is 2. The van der Waals surface area contributed by atoms with Gasteiger partial charge in [-0.3, -0.25) is 9.36 Å². The van der Waals surface area contributed by atoms with E-state index in [2.05, 4.69) is 4.98 Å². The van der Waals surface area contributed by atoms with Gasteiger partial charge in [-0.2, -0.15) is 8.78 Å². The molecule has 0 unspecified atom stereocenters. The van der Waals surface area contributed by atoms with Gasteiger partial charge in [-0.25, -0.2) is 4.98 Å². The van der Waals surface area contributed by atoms with Gasteiger partial charge in [0.15, 0.2) is 0 Å². The highest BCUT2D eigenvalue weighted by Gasteiger charge is 2.12. The second-order valence-electron chi connectivity index (χ2n) is 5.16. The van der Waals surface area contributed by atoms with E-state index in [1.54, 1.807) is 35.2 Å². The highest BCUT2D eigenvalue weighted by atomic mass is 32.2. The third-order valence-electron chi connectivity index (χ3n) is 3.66. The molecule has 120 valence electrons. The molecule has 0 saturated carbocycles. The zero-order chi connectivity index (χ0) is 16.6. The first-order chi connectivity index (χ1) is 11.0. The van der Waals surface area contributed by atoms with Crippen LogP contribution in [0.3, 0.4) is 0 Å². The summed E-state index contributed by atoms with van der Waals surface area (Å²) in [6.07, 6.45) is 1.54. The molecule has 0 radical (unpaired) electrons. The van der Waals surface area contributed by atoms with Crippen molar-refractivity contribution in [3.63, 3.8) is 0 Å². The molecule has 2 heterocycles. The highest BCUT2D eigenvalue weighted by Crippen LogP contribution is 2.26. The van der Waals surface area contributed by atoms with Crippen molar-refractivity contribution < 1.29 is 8.78 Å². The summed E-state index contributed by atoms with van der Waals surface area (Å²) in [7, 11) is 0. The van der Waals surface area contributed by atoms with Crippen molar-refractivity contribution >= 4 is 33.3 Å². The van der Waals surface area contributed by atoms with Crippen molar-refractivity contribution in [2.45, 2.75) is 31.0 Å². The topological polar surface area (TPSA) is 34.9 Å². The van der Waals surface area contributed by atoms with Crippen molar-refractivity contribution in [3.05, 3.63) is 57.0 Å². The summed E-state index contributed by atoms with van der Waals surface area (Å²) >= 11 is 2.03. The van der Waals surface area contributed by atoms with E-state index in [0.29, 0.717) is 28.6 Å². The summed E-state index contributed by atoms with van der Waals surface area (Å²) < 4.78 is 26.2. The van der Waals surface area contributed by atoms with E-state index >= 15 is 0 Å². The molecule has 3 rings (SSSR count). The average Bonchev–Trinajstić information content (AvgIpc) is 2.79. The van der Waals surface area contributed by atoms with Crippen LogP contribution in [-0.4, -0.2) is 15.3 Å². The molecular weight excluding hydrogens is 338 g/mol. The van der Waals surface area contributed by atoms with Crippen LogP contribution >= 0.6 is 23.1 Å². The summed E-state index contributed by atoms with van der Waals surface area (Å²) in [6.45, 7) is 4.28. The Morgan fingerprint density at radius 3 is 2.61 bits per heavy atom. The monoisotopic (exact) mass is 352 g/mol. The van der Waals surface area contributed by atoms with E-state index in [1.165, 1.54) is 11.3 Å². The number of halogens is 2. The Balaban J connectivity index is 1.91. The van der Waals surface area contributed by atoms with Crippen molar-refractivity contribution in [2.24, 2.45) is 0 Å². The molecule has 2 aromatic heterocycles. The highest BCUT2D eigenvalue weighted by molar-refractivity contribution is 7.99. The predicted molar refractivity (Wildman–Crippen MR) is 90.8 cm³/mol. The SMILES string of the molecule is Cc1sc2ncn(Cc3ccc(SC(F)F)cc3)c(=O)c2c1C. The second kappa shape index (κ2) is 6.41. The number of thiophene rings is 1. The zero-order valence-electron chi connectivity index (χ0n) is 12.5. The molecule has 0 spiro atoms. The minimum atomic E-state index is -2.43. The molecule has 0 fully saturated rings. The van der Waals surface area contributed by atoms with E-state index in [-0.39, 0.29) is 5.56 Å². The number of aryl methyl sites for hydroxylation is 2. The molecular formula is C16H14F2N2OS2. The van der Waals surface area contributed by atoms with Crippen molar-refractivity contribution in [1.29, 1.82) is 0 Å². The fourth-order valence-corrected chi connectivity index (χ4v) is 3.84. The summed E-state index contributed by atoms with van der Waals surface area (Å²) in [6, 6.07) is 6.80. The van der Waals surface area contributed by atoms with Gasteiger partial charge in [0.2, 0.25) is 0 Å². The van der Waals surface area contributed by atoms with Crippen LogP contribution in [0.4, 0.5) is 8.78 Å². The predicted octanol–water partition coefficient (Wildman–Crippen LogP) is 4.44. The lowest BCUT2D eigenvalue weighted by molar-refractivity contribution is 0.252. The fraction of sp³-hybridized carbons (Fsp3) is 0.250. The summed E-state index contributed by atoms with van der Waals surface area (Å²) in [4.78, 5) is 19.3. The Bertz CT molecular complexity index is 901.